The topological polar surface area (TPSA) is 34.1 Å². The Kier molecular flexibility index (Phi) is 5.18. The molecule has 0 radical (unpaired) electrons. The molecule has 2 aromatic rings. The van der Waals surface area contributed by atoms with Gasteiger partial charge in [-0.3, -0.25) is 0 Å². The third-order valence-electron chi connectivity index (χ3n) is 3.59. The highest BCUT2D eigenvalue weighted by molar-refractivity contribution is 5.87. The van der Waals surface area contributed by atoms with Gasteiger partial charge in [0.25, 0.3) is 0 Å². The SMILES string of the molecule is COc1cccc2c(CNCC(C)C)cc(C(C)C)nc12. The minimum absolute atomic E-state index is 0.406. The van der Waals surface area contributed by atoms with E-state index in [-0.39, 0.29) is 0 Å². The molecule has 0 saturated carbocycles. The van der Waals surface area contributed by atoms with Gasteiger partial charge in [0.1, 0.15) is 11.3 Å². The van der Waals surface area contributed by atoms with E-state index in [0.717, 1.165) is 30.0 Å². The molecule has 21 heavy (non-hydrogen) atoms. The van der Waals surface area contributed by atoms with Crippen molar-refractivity contribution in [3.8, 4) is 5.75 Å². The van der Waals surface area contributed by atoms with Crippen molar-refractivity contribution in [3.63, 3.8) is 0 Å². The number of aromatic nitrogens is 1. The van der Waals surface area contributed by atoms with Crippen LogP contribution in [0.1, 0.15) is 44.9 Å². The zero-order valence-corrected chi connectivity index (χ0v) is 13.7. The summed E-state index contributed by atoms with van der Waals surface area (Å²) in [7, 11) is 1.70. The molecular formula is C18H26N2O. The largest absolute Gasteiger partial charge is 0.494 e. The lowest BCUT2D eigenvalue weighted by Gasteiger charge is -2.15. The Morgan fingerprint density at radius 2 is 1.95 bits per heavy atom. The maximum atomic E-state index is 5.48. The maximum absolute atomic E-state index is 5.48. The van der Waals surface area contributed by atoms with E-state index in [9.17, 15) is 0 Å². The number of ether oxygens (including phenoxy) is 1. The Hall–Kier alpha value is -1.61. The Balaban J connectivity index is 2.46. The van der Waals surface area contributed by atoms with E-state index < -0.39 is 0 Å². The molecule has 1 heterocycles. The molecule has 3 heteroatoms. The molecule has 0 saturated heterocycles. The van der Waals surface area contributed by atoms with E-state index in [0.29, 0.717) is 11.8 Å². The molecule has 1 aromatic heterocycles. The number of pyridine rings is 1. The van der Waals surface area contributed by atoms with Crippen LogP contribution in [0.25, 0.3) is 10.9 Å². The average molecular weight is 286 g/mol. The summed E-state index contributed by atoms with van der Waals surface area (Å²) < 4.78 is 5.48. The fourth-order valence-electron chi connectivity index (χ4n) is 2.42. The molecule has 0 fully saturated rings. The first kappa shape index (κ1) is 15.8. The number of nitrogens with one attached hydrogen (secondary N) is 1. The zero-order valence-electron chi connectivity index (χ0n) is 13.7. The van der Waals surface area contributed by atoms with Crippen molar-refractivity contribution in [1.29, 1.82) is 0 Å². The van der Waals surface area contributed by atoms with Crippen molar-refractivity contribution in [1.82, 2.24) is 10.3 Å². The van der Waals surface area contributed by atoms with Crippen LogP contribution < -0.4 is 10.1 Å². The molecule has 0 unspecified atom stereocenters. The molecule has 3 nitrogen and oxygen atoms in total. The normalized spacial score (nSPS) is 11.6. The molecule has 2 rings (SSSR count). The van der Waals surface area contributed by atoms with Gasteiger partial charge in [0, 0.05) is 17.6 Å². The number of hydrogen-bond donors (Lipinski definition) is 1. The summed E-state index contributed by atoms with van der Waals surface area (Å²) in [5.74, 6) is 1.90. The predicted octanol–water partition coefficient (Wildman–Crippen LogP) is 4.11. The summed E-state index contributed by atoms with van der Waals surface area (Å²) in [4.78, 5) is 4.80. The van der Waals surface area contributed by atoms with Crippen LogP contribution in [0.5, 0.6) is 5.75 Å². The molecule has 0 bridgehead atoms. The van der Waals surface area contributed by atoms with Gasteiger partial charge < -0.3 is 10.1 Å². The van der Waals surface area contributed by atoms with Crippen molar-refractivity contribution in [2.75, 3.05) is 13.7 Å². The number of para-hydroxylation sites is 1. The van der Waals surface area contributed by atoms with Gasteiger partial charge >= 0.3 is 0 Å². The van der Waals surface area contributed by atoms with Gasteiger partial charge in [0.2, 0.25) is 0 Å². The summed E-state index contributed by atoms with van der Waals surface area (Å²) in [6.07, 6.45) is 0. The third-order valence-corrected chi connectivity index (χ3v) is 3.59. The molecule has 0 aliphatic heterocycles. The Bertz CT molecular complexity index is 605. The first-order valence-electron chi connectivity index (χ1n) is 7.70. The summed E-state index contributed by atoms with van der Waals surface area (Å²) in [5.41, 5.74) is 3.38. The molecule has 1 aromatic carbocycles. The van der Waals surface area contributed by atoms with Gasteiger partial charge in [-0.2, -0.15) is 0 Å². The van der Waals surface area contributed by atoms with E-state index in [4.69, 9.17) is 9.72 Å². The molecule has 0 atom stereocenters. The van der Waals surface area contributed by atoms with Gasteiger partial charge in [-0.25, -0.2) is 4.98 Å². The van der Waals surface area contributed by atoms with Crippen LogP contribution in [0, 0.1) is 5.92 Å². The monoisotopic (exact) mass is 286 g/mol. The smallest absolute Gasteiger partial charge is 0.145 e. The second-order valence-electron chi connectivity index (χ2n) is 6.24. The van der Waals surface area contributed by atoms with Gasteiger partial charge in [-0.05, 0) is 36.1 Å². The van der Waals surface area contributed by atoms with Gasteiger partial charge in [-0.15, -0.1) is 0 Å². The standard InChI is InChI=1S/C18H26N2O/c1-12(2)10-19-11-14-9-16(13(3)4)20-18-15(14)7-6-8-17(18)21-5/h6-9,12-13,19H,10-11H2,1-5H3. The minimum Gasteiger partial charge on any atom is -0.494 e. The molecule has 0 aliphatic rings. The van der Waals surface area contributed by atoms with Crippen molar-refractivity contribution in [2.24, 2.45) is 5.92 Å². The maximum Gasteiger partial charge on any atom is 0.145 e. The molecule has 0 spiro atoms. The van der Waals surface area contributed by atoms with Gasteiger partial charge in [0.05, 0.1) is 7.11 Å². The first-order valence-corrected chi connectivity index (χ1v) is 7.70. The van der Waals surface area contributed by atoms with Crippen molar-refractivity contribution in [3.05, 3.63) is 35.5 Å². The highest BCUT2D eigenvalue weighted by atomic mass is 16.5. The fourth-order valence-corrected chi connectivity index (χ4v) is 2.42. The number of methoxy groups -OCH3 is 1. The van der Waals surface area contributed by atoms with Crippen LogP contribution in [0.3, 0.4) is 0 Å². The number of fused-ring (bicyclic) bond motifs is 1. The summed E-state index contributed by atoms with van der Waals surface area (Å²) >= 11 is 0. The number of benzene rings is 1. The van der Waals surface area contributed by atoms with Crippen molar-refractivity contribution >= 4 is 10.9 Å². The average Bonchev–Trinajstić information content (AvgIpc) is 2.45. The predicted molar refractivity (Wildman–Crippen MR) is 88.9 cm³/mol. The zero-order chi connectivity index (χ0) is 15.4. The number of rotatable bonds is 6. The molecular weight excluding hydrogens is 260 g/mol. The minimum atomic E-state index is 0.406. The van der Waals surface area contributed by atoms with E-state index >= 15 is 0 Å². The lowest BCUT2D eigenvalue weighted by Crippen LogP contribution is -2.19. The summed E-state index contributed by atoms with van der Waals surface area (Å²) in [6, 6.07) is 8.36. The lowest BCUT2D eigenvalue weighted by molar-refractivity contribution is 0.418. The Morgan fingerprint density at radius 3 is 2.57 bits per heavy atom. The van der Waals surface area contributed by atoms with E-state index in [1.54, 1.807) is 7.11 Å². The second-order valence-corrected chi connectivity index (χ2v) is 6.24. The van der Waals surface area contributed by atoms with Crippen molar-refractivity contribution < 1.29 is 4.74 Å². The number of hydrogen-bond acceptors (Lipinski definition) is 3. The third kappa shape index (κ3) is 3.73. The first-order chi connectivity index (χ1) is 10.0. The fraction of sp³-hybridized carbons (Fsp3) is 0.500. The van der Waals surface area contributed by atoms with Gasteiger partial charge in [-0.1, -0.05) is 39.8 Å². The summed E-state index contributed by atoms with van der Waals surface area (Å²) in [6.45, 7) is 10.7. The quantitative estimate of drug-likeness (QED) is 0.867. The molecule has 0 aliphatic carbocycles. The van der Waals surface area contributed by atoms with Crippen molar-refractivity contribution in [2.45, 2.75) is 40.2 Å². The van der Waals surface area contributed by atoms with E-state index in [2.05, 4.69) is 45.1 Å². The highest BCUT2D eigenvalue weighted by Gasteiger charge is 2.11. The van der Waals surface area contributed by atoms with Gasteiger partial charge in [0.15, 0.2) is 0 Å². The number of nitrogens with zero attached hydrogens (tertiary/aromatic N) is 1. The van der Waals surface area contributed by atoms with Crippen LogP contribution in [0.2, 0.25) is 0 Å². The summed E-state index contributed by atoms with van der Waals surface area (Å²) in [5, 5.41) is 4.70. The Labute approximate surface area is 127 Å². The van der Waals surface area contributed by atoms with Crippen LogP contribution in [0.4, 0.5) is 0 Å². The Morgan fingerprint density at radius 1 is 1.19 bits per heavy atom. The van der Waals surface area contributed by atoms with Crippen LogP contribution in [-0.2, 0) is 6.54 Å². The van der Waals surface area contributed by atoms with Crippen LogP contribution >= 0.6 is 0 Å². The van der Waals surface area contributed by atoms with Crippen LogP contribution in [-0.4, -0.2) is 18.6 Å². The second kappa shape index (κ2) is 6.90. The van der Waals surface area contributed by atoms with E-state index in [1.165, 1.54) is 10.9 Å². The van der Waals surface area contributed by atoms with Crippen LogP contribution in [0.15, 0.2) is 24.3 Å². The lowest BCUT2D eigenvalue weighted by atomic mass is 10.0. The molecule has 114 valence electrons. The highest BCUT2D eigenvalue weighted by Crippen LogP contribution is 2.28. The molecule has 1 N–H and O–H groups in total. The molecule has 0 amide bonds. The van der Waals surface area contributed by atoms with E-state index in [1.807, 2.05) is 12.1 Å².